The summed E-state index contributed by atoms with van der Waals surface area (Å²) in [5.74, 6) is 0.587. The quantitative estimate of drug-likeness (QED) is 0.678. The highest BCUT2D eigenvalue weighted by Gasteiger charge is 2.30. The van der Waals surface area contributed by atoms with Gasteiger partial charge in [0, 0.05) is 4.83 Å². The first-order valence-electron chi connectivity index (χ1n) is 4.17. The van der Waals surface area contributed by atoms with E-state index in [9.17, 15) is 4.39 Å². The van der Waals surface area contributed by atoms with E-state index < -0.39 is 0 Å². The minimum atomic E-state index is -0.141. The fourth-order valence-electron chi connectivity index (χ4n) is 1.34. The topological polar surface area (TPSA) is 0 Å². The van der Waals surface area contributed by atoms with Crippen LogP contribution in [0.15, 0.2) is 24.3 Å². The van der Waals surface area contributed by atoms with Crippen LogP contribution in [-0.2, 0) is 0 Å². The van der Waals surface area contributed by atoms with Gasteiger partial charge in [0.25, 0.3) is 0 Å². The van der Waals surface area contributed by atoms with E-state index in [-0.39, 0.29) is 5.82 Å². The number of hydrogen-bond donors (Lipinski definition) is 0. The van der Waals surface area contributed by atoms with Crippen molar-refractivity contribution in [2.75, 3.05) is 0 Å². The van der Waals surface area contributed by atoms with E-state index in [1.54, 1.807) is 12.1 Å². The predicted molar refractivity (Wildman–Crippen MR) is 50.8 cm³/mol. The first kappa shape index (κ1) is 8.24. The summed E-state index contributed by atoms with van der Waals surface area (Å²) in [6.07, 6.45) is 2.54. The van der Waals surface area contributed by atoms with E-state index in [0.717, 1.165) is 11.5 Å². The van der Waals surface area contributed by atoms with Gasteiger partial charge in [-0.3, -0.25) is 0 Å². The molecule has 64 valence electrons. The lowest BCUT2D eigenvalue weighted by molar-refractivity contribution is 0.624. The second-order valence-electron chi connectivity index (χ2n) is 3.29. The van der Waals surface area contributed by atoms with Crippen molar-refractivity contribution in [3.63, 3.8) is 0 Å². The summed E-state index contributed by atoms with van der Waals surface area (Å²) >= 11 is 3.58. The first-order valence-corrected chi connectivity index (χ1v) is 5.08. The summed E-state index contributed by atoms with van der Waals surface area (Å²) in [5, 5.41) is 0. The van der Waals surface area contributed by atoms with Gasteiger partial charge in [-0.25, -0.2) is 4.39 Å². The summed E-state index contributed by atoms with van der Waals surface area (Å²) in [6, 6.07) is 6.83. The van der Waals surface area contributed by atoms with E-state index in [0.29, 0.717) is 4.83 Å². The van der Waals surface area contributed by atoms with Crippen LogP contribution in [0, 0.1) is 11.7 Å². The standard InChI is InChI=1S/C10H10BrF/c11-10(7-4-5-7)8-2-1-3-9(12)6-8/h1-3,6-7,10H,4-5H2. The predicted octanol–water partition coefficient (Wildman–Crippen LogP) is 3.67. The Morgan fingerprint density at radius 2 is 2.17 bits per heavy atom. The zero-order valence-corrected chi connectivity index (χ0v) is 8.22. The smallest absolute Gasteiger partial charge is 0.123 e. The lowest BCUT2D eigenvalue weighted by atomic mass is 10.1. The summed E-state index contributed by atoms with van der Waals surface area (Å²) in [5.41, 5.74) is 1.07. The van der Waals surface area contributed by atoms with Crippen molar-refractivity contribution >= 4 is 15.9 Å². The molecule has 1 saturated carbocycles. The molecule has 0 spiro atoms. The monoisotopic (exact) mass is 228 g/mol. The molecule has 1 aliphatic carbocycles. The SMILES string of the molecule is Fc1cccc(C(Br)C2CC2)c1. The molecule has 0 bridgehead atoms. The summed E-state index contributed by atoms with van der Waals surface area (Å²) in [6.45, 7) is 0. The van der Waals surface area contributed by atoms with Gasteiger partial charge in [-0.15, -0.1) is 0 Å². The molecule has 0 aromatic heterocycles. The van der Waals surface area contributed by atoms with Crippen molar-refractivity contribution in [1.29, 1.82) is 0 Å². The maximum absolute atomic E-state index is 12.8. The molecule has 12 heavy (non-hydrogen) atoms. The van der Waals surface area contributed by atoms with Gasteiger partial charge in [0.05, 0.1) is 0 Å². The molecule has 1 aromatic rings. The minimum Gasteiger partial charge on any atom is -0.207 e. The Morgan fingerprint density at radius 1 is 1.42 bits per heavy atom. The van der Waals surface area contributed by atoms with Gasteiger partial charge in [-0.2, -0.15) is 0 Å². The van der Waals surface area contributed by atoms with Crippen LogP contribution in [0.5, 0.6) is 0 Å². The van der Waals surface area contributed by atoms with Crippen molar-refractivity contribution in [2.24, 2.45) is 5.92 Å². The van der Waals surface area contributed by atoms with Crippen molar-refractivity contribution in [1.82, 2.24) is 0 Å². The Balaban J connectivity index is 2.20. The molecule has 0 saturated heterocycles. The minimum absolute atomic E-state index is 0.141. The molecule has 1 aromatic carbocycles. The van der Waals surface area contributed by atoms with E-state index in [2.05, 4.69) is 15.9 Å². The molecule has 2 rings (SSSR count). The lowest BCUT2D eigenvalue weighted by Crippen LogP contribution is -1.91. The van der Waals surface area contributed by atoms with Crippen LogP contribution in [0.25, 0.3) is 0 Å². The van der Waals surface area contributed by atoms with Crippen molar-refractivity contribution in [2.45, 2.75) is 17.7 Å². The van der Waals surface area contributed by atoms with Crippen LogP contribution in [-0.4, -0.2) is 0 Å². The Kier molecular flexibility index (Phi) is 2.18. The van der Waals surface area contributed by atoms with Crippen molar-refractivity contribution < 1.29 is 4.39 Å². The highest BCUT2D eigenvalue weighted by atomic mass is 79.9. The average Bonchev–Trinajstić information content (AvgIpc) is 2.85. The van der Waals surface area contributed by atoms with Gasteiger partial charge < -0.3 is 0 Å². The summed E-state index contributed by atoms with van der Waals surface area (Å²) in [4.78, 5) is 0.355. The summed E-state index contributed by atoms with van der Waals surface area (Å²) < 4.78 is 12.8. The molecule has 1 atom stereocenters. The van der Waals surface area contributed by atoms with E-state index in [4.69, 9.17) is 0 Å². The number of halogens is 2. The molecule has 0 amide bonds. The lowest BCUT2D eigenvalue weighted by Gasteiger charge is -2.07. The van der Waals surface area contributed by atoms with Crippen LogP contribution >= 0.6 is 15.9 Å². The molecule has 1 unspecified atom stereocenters. The first-order chi connectivity index (χ1) is 5.77. The molecule has 0 radical (unpaired) electrons. The van der Waals surface area contributed by atoms with E-state index in [1.165, 1.54) is 18.9 Å². The van der Waals surface area contributed by atoms with Crippen molar-refractivity contribution in [3.05, 3.63) is 35.6 Å². The van der Waals surface area contributed by atoms with Crippen LogP contribution in [0.2, 0.25) is 0 Å². The Morgan fingerprint density at radius 3 is 2.75 bits per heavy atom. The summed E-state index contributed by atoms with van der Waals surface area (Å²) in [7, 11) is 0. The van der Waals surface area contributed by atoms with Crippen LogP contribution in [0.3, 0.4) is 0 Å². The number of rotatable bonds is 2. The van der Waals surface area contributed by atoms with Gasteiger partial charge in [0.2, 0.25) is 0 Å². The fourth-order valence-corrected chi connectivity index (χ4v) is 2.15. The molecule has 0 heterocycles. The number of benzene rings is 1. The zero-order valence-electron chi connectivity index (χ0n) is 6.63. The average molecular weight is 229 g/mol. The number of hydrogen-bond acceptors (Lipinski definition) is 0. The molecule has 0 aliphatic heterocycles. The molecular weight excluding hydrogens is 219 g/mol. The van der Waals surface area contributed by atoms with Crippen molar-refractivity contribution in [3.8, 4) is 0 Å². The third-order valence-corrected chi connectivity index (χ3v) is 3.48. The van der Waals surface area contributed by atoms with Gasteiger partial charge in [-0.1, -0.05) is 28.1 Å². The van der Waals surface area contributed by atoms with E-state index >= 15 is 0 Å². The Labute approximate surface area is 79.9 Å². The van der Waals surface area contributed by atoms with Gasteiger partial charge in [0.15, 0.2) is 0 Å². The Bertz CT molecular complexity index is 281. The van der Waals surface area contributed by atoms with Gasteiger partial charge in [0.1, 0.15) is 5.82 Å². The highest BCUT2D eigenvalue weighted by Crippen LogP contribution is 2.46. The zero-order chi connectivity index (χ0) is 8.55. The maximum Gasteiger partial charge on any atom is 0.123 e. The fraction of sp³-hybridized carbons (Fsp3) is 0.400. The molecular formula is C10H10BrF. The highest BCUT2D eigenvalue weighted by molar-refractivity contribution is 9.09. The van der Waals surface area contributed by atoms with Crippen LogP contribution < -0.4 is 0 Å². The Hall–Kier alpha value is -0.370. The second kappa shape index (κ2) is 3.17. The molecule has 2 heteroatoms. The normalized spacial score (nSPS) is 19.2. The molecule has 0 nitrogen and oxygen atoms in total. The third-order valence-electron chi connectivity index (χ3n) is 2.20. The van der Waals surface area contributed by atoms with Gasteiger partial charge in [-0.05, 0) is 36.5 Å². The van der Waals surface area contributed by atoms with Crippen LogP contribution in [0.1, 0.15) is 23.2 Å². The number of alkyl halides is 1. The molecule has 1 fully saturated rings. The van der Waals surface area contributed by atoms with Crippen LogP contribution in [0.4, 0.5) is 4.39 Å². The van der Waals surface area contributed by atoms with Gasteiger partial charge >= 0.3 is 0 Å². The van der Waals surface area contributed by atoms with E-state index in [1.807, 2.05) is 6.07 Å². The molecule has 0 N–H and O–H groups in total. The third kappa shape index (κ3) is 1.69. The largest absolute Gasteiger partial charge is 0.207 e. The second-order valence-corrected chi connectivity index (χ2v) is 4.28. The maximum atomic E-state index is 12.8. The molecule has 1 aliphatic rings.